The van der Waals surface area contributed by atoms with Crippen molar-refractivity contribution >= 4 is 8.25 Å². The van der Waals surface area contributed by atoms with Crippen LogP contribution in [0.1, 0.15) is 97.1 Å². The topological polar surface area (TPSA) is 76.0 Å². The summed E-state index contributed by atoms with van der Waals surface area (Å²) in [5.74, 6) is 3.40. The molecule has 2 fully saturated rings. The summed E-state index contributed by atoms with van der Waals surface area (Å²) in [6.45, 7) is 13.5. The monoisotopic (exact) mass is 479 g/mol. The van der Waals surface area contributed by atoms with Crippen LogP contribution >= 0.6 is 8.25 Å². The summed E-state index contributed by atoms with van der Waals surface area (Å²) in [6.07, 6.45) is 7.73. The van der Waals surface area contributed by atoms with Gasteiger partial charge >= 0.3 is 8.25 Å². The van der Waals surface area contributed by atoms with Gasteiger partial charge in [-0.15, -0.1) is 4.89 Å². The number of aryl methyl sites for hydroxylation is 1. The fourth-order valence-electron chi connectivity index (χ4n) is 6.17. The predicted molar refractivity (Wildman–Crippen MR) is 132 cm³/mol. The Morgan fingerprint density at radius 3 is 2.55 bits per heavy atom. The van der Waals surface area contributed by atoms with E-state index in [0.29, 0.717) is 28.9 Å². The third kappa shape index (κ3) is 5.81. The van der Waals surface area contributed by atoms with Crippen molar-refractivity contribution in [1.82, 2.24) is 0 Å². The van der Waals surface area contributed by atoms with Crippen molar-refractivity contribution < 1.29 is 23.8 Å². The van der Waals surface area contributed by atoms with Crippen molar-refractivity contribution in [1.29, 1.82) is 0 Å². The van der Waals surface area contributed by atoms with E-state index in [1.54, 1.807) is 0 Å². The van der Waals surface area contributed by atoms with Crippen LogP contribution in [-0.4, -0.2) is 22.9 Å². The van der Waals surface area contributed by atoms with E-state index < -0.39 is 8.25 Å². The molecule has 2 N–H and O–H groups in total. The molecule has 0 radical (unpaired) electrons. The first-order valence-corrected chi connectivity index (χ1v) is 13.8. The van der Waals surface area contributed by atoms with Gasteiger partial charge in [-0.1, -0.05) is 58.6 Å². The number of aliphatic hydroxyl groups is 1. The van der Waals surface area contributed by atoms with Gasteiger partial charge in [-0.05, 0) is 96.3 Å². The Morgan fingerprint density at radius 1 is 1.21 bits per heavy atom. The van der Waals surface area contributed by atoms with Crippen LogP contribution in [0.5, 0.6) is 5.75 Å². The lowest BCUT2D eigenvalue weighted by Gasteiger charge is -2.50. The largest absolute Gasteiger partial charge is 0.698 e. The lowest BCUT2D eigenvalue weighted by molar-refractivity contribution is -0.0226. The van der Waals surface area contributed by atoms with Crippen LogP contribution in [0, 0.1) is 28.6 Å². The maximum atomic E-state index is 10.5. The summed E-state index contributed by atoms with van der Waals surface area (Å²) in [6, 6.07) is 6.15. The summed E-state index contributed by atoms with van der Waals surface area (Å²) in [5, 5.41) is 10.5. The van der Waals surface area contributed by atoms with E-state index in [2.05, 4.69) is 58.2 Å². The molecule has 0 aromatic heterocycles. The second-order valence-electron chi connectivity index (χ2n) is 11.5. The highest BCUT2D eigenvalue weighted by atomic mass is 31.1. The van der Waals surface area contributed by atoms with E-state index in [0.717, 1.165) is 38.0 Å². The van der Waals surface area contributed by atoms with E-state index in [9.17, 15) is 9.67 Å². The van der Waals surface area contributed by atoms with Gasteiger partial charge in [0, 0.05) is 4.57 Å². The molecular formula is C27H44O5P+. The molecule has 2 saturated carbocycles. The van der Waals surface area contributed by atoms with Crippen molar-refractivity contribution in [2.75, 3.05) is 6.79 Å². The smallest absolute Gasteiger partial charge is 0.463 e. The molecular weight excluding hydrogens is 435 g/mol. The molecule has 3 aliphatic rings. The van der Waals surface area contributed by atoms with Gasteiger partial charge in [0.05, 0.1) is 6.10 Å². The average molecular weight is 480 g/mol. The van der Waals surface area contributed by atoms with E-state index >= 15 is 0 Å². The Morgan fingerprint density at radius 2 is 1.94 bits per heavy atom. The van der Waals surface area contributed by atoms with Gasteiger partial charge in [0.15, 0.2) is 0 Å². The maximum Gasteiger partial charge on any atom is 0.698 e. The fourth-order valence-corrected chi connectivity index (χ4v) is 6.31. The molecule has 6 unspecified atom stereocenters. The molecule has 0 spiro atoms. The minimum Gasteiger partial charge on any atom is -0.463 e. The summed E-state index contributed by atoms with van der Waals surface area (Å²) >= 11 is 0. The third-order valence-electron chi connectivity index (χ3n) is 9.51. The molecule has 0 saturated heterocycles. The standard InChI is InChI=1S/C19H25O5P.C8H18/c1-19-9-8-15-14-5-3-13(23-11-24-25(21)22)10-12(14)2-4-16(15)17(19)6-7-18(19)20;1-6-8(4,5)7(2)3/h3,5,10,15-18,20H,2,4,6-9,11H2,1H3;7H,6H2,1-5H3/p+1. The Kier molecular flexibility index (Phi) is 8.65. The molecule has 186 valence electrons. The molecule has 5 nitrogen and oxygen atoms in total. The van der Waals surface area contributed by atoms with Crippen LogP contribution in [0.4, 0.5) is 0 Å². The van der Waals surface area contributed by atoms with Gasteiger partial charge in [0.1, 0.15) is 5.75 Å². The van der Waals surface area contributed by atoms with Crippen molar-refractivity contribution in [3.8, 4) is 5.75 Å². The number of ether oxygens (including phenoxy) is 1. The highest BCUT2D eigenvalue weighted by Crippen LogP contribution is 2.60. The van der Waals surface area contributed by atoms with Crippen molar-refractivity contribution in [3.63, 3.8) is 0 Å². The number of benzene rings is 1. The zero-order valence-corrected chi connectivity index (χ0v) is 22.2. The van der Waals surface area contributed by atoms with Crippen LogP contribution in [0.15, 0.2) is 18.2 Å². The molecule has 0 amide bonds. The van der Waals surface area contributed by atoms with Crippen molar-refractivity contribution in [2.24, 2.45) is 28.6 Å². The molecule has 6 atom stereocenters. The van der Waals surface area contributed by atoms with Gasteiger partial charge in [-0.25, -0.2) is 0 Å². The van der Waals surface area contributed by atoms with Crippen LogP contribution in [0.25, 0.3) is 0 Å². The van der Waals surface area contributed by atoms with Crippen LogP contribution in [0.3, 0.4) is 0 Å². The first-order valence-electron chi connectivity index (χ1n) is 12.7. The van der Waals surface area contributed by atoms with Crippen molar-refractivity contribution in [2.45, 2.75) is 98.5 Å². The normalized spacial score (nSPS) is 31.1. The second kappa shape index (κ2) is 10.7. The quantitative estimate of drug-likeness (QED) is 0.340. The van der Waals surface area contributed by atoms with Crippen molar-refractivity contribution in [3.05, 3.63) is 29.3 Å². The first-order chi connectivity index (χ1) is 15.5. The van der Waals surface area contributed by atoms with E-state index in [4.69, 9.17) is 9.63 Å². The molecule has 4 rings (SSSR count). The number of rotatable bonds is 6. The first kappa shape index (κ1) is 26.6. The van der Waals surface area contributed by atoms with Gasteiger partial charge < -0.3 is 9.84 Å². The molecule has 6 heteroatoms. The summed E-state index contributed by atoms with van der Waals surface area (Å²) in [7, 11) is -2.63. The van der Waals surface area contributed by atoms with Gasteiger partial charge in [-0.3, -0.25) is 0 Å². The molecule has 3 aliphatic carbocycles. The van der Waals surface area contributed by atoms with Gasteiger partial charge in [0.25, 0.3) is 0 Å². The maximum absolute atomic E-state index is 10.5. The number of hydrogen-bond donors (Lipinski definition) is 2. The zero-order chi connectivity index (χ0) is 24.4. The minimum absolute atomic E-state index is 0.111. The SMILES string of the molecule is CC12CCC3c4ccc(OCO[P+](=O)O)cc4CCC3C1CCC2O.CCC(C)(C)C(C)C. The second-order valence-corrected chi connectivity index (χ2v) is 12.3. The molecule has 0 heterocycles. The predicted octanol–water partition coefficient (Wildman–Crippen LogP) is 6.98. The zero-order valence-electron chi connectivity index (χ0n) is 21.3. The lowest BCUT2D eigenvalue weighted by atomic mass is 9.55. The number of aliphatic hydroxyl groups excluding tert-OH is 1. The van der Waals surface area contributed by atoms with Gasteiger partial charge in [-0.2, -0.15) is 0 Å². The summed E-state index contributed by atoms with van der Waals surface area (Å²) in [4.78, 5) is 8.66. The molecule has 0 bridgehead atoms. The van der Waals surface area contributed by atoms with Crippen LogP contribution < -0.4 is 4.74 Å². The summed E-state index contributed by atoms with van der Waals surface area (Å²) in [5.41, 5.74) is 3.41. The summed E-state index contributed by atoms with van der Waals surface area (Å²) < 4.78 is 20.5. The Labute approximate surface area is 201 Å². The lowest BCUT2D eigenvalue weighted by Crippen LogP contribution is -2.43. The van der Waals surface area contributed by atoms with Crippen LogP contribution in [-0.2, 0) is 15.5 Å². The number of fused-ring (bicyclic) bond motifs is 5. The number of hydrogen-bond acceptors (Lipinski definition) is 4. The van der Waals surface area contributed by atoms with Crippen LogP contribution in [0.2, 0.25) is 0 Å². The Bertz CT molecular complexity index is 823. The molecule has 0 aliphatic heterocycles. The van der Waals surface area contributed by atoms with E-state index in [1.807, 2.05) is 6.07 Å². The minimum atomic E-state index is -2.63. The highest BCUT2D eigenvalue weighted by molar-refractivity contribution is 7.32. The van der Waals surface area contributed by atoms with E-state index in [-0.39, 0.29) is 18.3 Å². The fraction of sp³-hybridized carbons (Fsp3) is 0.778. The Hall–Kier alpha value is -1.00. The molecule has 1 aromatic carbocycles. The molecule has 1 aromatic rings. The van der Waals surface area contributed by atoms with E-state index in [1.165, 1.54) is 24.0 Å². The Balaban J connectivity index is 0.000000331. The van der Waals surface area contributed by atoms with Gasteiger partial charge in [0.2, 0.25) is 6.79 Å². The average Bonchev–Trinajstić information content (AvgIpc) is 3.08. The third-order valence-corrected chi connectivity index (χ3v) is 9.84. The highest BCUT2D eigenvalue weighted by Gasteiger charge is 2.54. The molecule has 33 heavy (non-hydrogen) atoms.